The summed E-state index contributed by atoms with van der Waals surface area (Å²) < 4.78 is 10.4. The molecule has 0 saturated carbocycles. The van der Waals surface area contributed by atoms with Gasteiger partial charge in [0.05, 0.1) is 24.4 Å². The van der Waals surface area contributed by atoms with Gasteiger partial charge in [0, 0.05) is 30.0 Å². The molecule has 2 heterocycles. The van der Waals surface area contributed by atoms with E-state index >= 15 is 0 Å². The zero-order chi connectivity index (χ0) is 20.4. The fourth-order valence-electron chi connectivity index (χ4n) is 3.49. The Morgan fingerprint density at radius 2 is 2.00 bits per heavy atom. The number of benzene rings is 2. The Hall–Kier alpha value is -2.96. The predicted octanol–water partition coefficient (Wildman–Crippen LogP) is 4.22. The van der Waals surface area contributed by atoms with Crippen LogP contribution in [0.2, 0.25) is 5.15 Å². The molecule has 0 radical (unpaired) electrons. The van der Waals surface area contributed by atoms with E-state index in [0.717, 1.165) is 33.5 Å². The number of carbonyl (C=O) groups is 1. The molecule has 1 aliphatic rings. The van der Waals surface area contributed by atoms with Crippen molar-refractivity contribution < 1.29 is 14.3 Å². The monoisotopic (exact) mass is 409 g/mol. The molecule has 0 aliphatic carbocycles. The van der Waals surface area contributed by atoms with E-state index in [4.69, 9.17) is 21.1 Å². The smallest absolute Gasteiger partial charge is 0.269 e. The van der Waals surface area contributed by atoms with Crippen LogP contribution in [0.4, 0.5) is 0 Å². The highest BCUT2D eigenvalue weighted by Crippen LogP contribution is 2.37. The number of fused-ring (bicyclic) bond motifs is 1. The third-order valence-corrected chi connectivity index (χ3v) is 5.20. The number of pyridine rings is 1. The Bertz CT molecular complexity index is 1100. The lowest BCUT2D eigenvalue weighted by Gasteiger charge is -2.22. The van der Waals surface area contributed by atoms with E-state index in [1.807, 2.05) is 54.6 Å². The van der Waals surface area contributed by atoms with Gasteiger partial charge < -0.3 is 9.47 Å². The van der Waals surface area contributed by atoms with E-state index in [9.17, 15) is 4.79 Å². The van der Waals surface area contributed by atoms with Crippen molar-refractivity contribution in [2.75, 3.05) is 20.8 Å². The number of amides is 1. The van der Waals surface area contributed by atoms with Crippen LogP contribution in [0.3, 0.4) is 0 Å². The molecule has 2 aromatic carbocycles. The number of para-hydroxylation sites is 1. The first-order chi connectivity index (χ1) is 14.1. The van der Waals surface area contributed by atoms with Crippen molar-refractivity contribution in [2.24, 2.45) is 5.10 Å². The lowest BCUT2D eigenvalue weighted by molar-refractivity contribution is -0.136. The lowest BCUT2D eigenvalue weighted by atomic mass is 9.98. The summed E-state index contributed by atoms with van der Waals surface area (Å²) in [6.45, 7) is -0.0655. The minimum atomic E-state index is -0.358. The molecule has 0 saturated heterocycles. The number of ether oxygens (including phenoxy) is 2. The van der Waals surface area contributed by atoms with Crippen LogP contribution in [0.15, 0.2) is 59.7 Å². The minimum Gasteiger partial charge on any atom is -0.497 e. The van der Waals surface area contributed by atoms with E-state index in [1.165, 1.54) is 12.1 Å². The van der Waals surface area contributed by atoms with Crippen molar-refractivity contribution in [3.05, 3.63) is 70.9 Å². The standard InChI is InChI=1S/C22H20ClN3O3/c1-28-13-21(27)26-20(12-19(25-26)14-7-5-8-16(10-14)29-2)17-11-15-6-3-4-9-18(15)24-22(17)23/h3-11,20H,12-13H2,1-2H3. The maximum absolute atomic E-state index is 12.7. The first-order valence-electron chi connectivity index (χ1n) is 9.19. The summed E-state index contributed by atoms with van der Waals surface area (Å²) in [5, 5.41) is 7.39. The van der Waals surface area contributed by atoms with Gasteiger partial charge in [0.1, 0.15) is 17.5 Å². The van der Waals surface area contributed by atoms with E-state index in [-0.39, 0.29) is 18.6 Å². The van der Waals surface area contributed by atoms with Gasteiger partial charge >= 0.3 is 0 Å². The number of aromatic nitrogens is 1. The Morgan fingerprint density at radius 3 is 2.79 bits per heavy atom. The molecule has 1 aromatic heterocycles. The molecule has 6 nitrogen and oxygen atoms in total. The van der Waals surface area contributed by atoms with Crippen molar-refractivity contribution in [1.29, 1.82) is 0 Å². The Morgan fingerprint density at radius 1 is 1.17 bits per heavy atom. The number of hydrogen-bond acceptors (Lipinski definition) is 5. The molecule has 4 rings (SSSR count). The van der Waals surface area contributed by atoms with E-state index in [2.05, 4.69) is 10.1 Å². The quantitative estimate of drug-likeness (QED) is 0.592. The Balaban J connectivity index is 1.76. The summed E-state index contributed by atoms with van der Waals surface area (Å²) in [5.41, 5.74) is 3.24. The maximum Gasteiger partial charge on any atom is 0.269 e. The van der Waals surface area contributed by atoms with Gasteiger partial charge in [0.2, 0.25) is 0 Å². The number of hydrazone groups is 1. The van der Waals surface area contributed by atoms with Gasteiger partial charge in [-0.25, -0.2) is 9.99 Å². The molecule has 0 fully saturated rings. The van der Waals surface area contributed by atoms with Crippen LogP contribution in [0.25, 0.3) is 10.9 Å². The highest BCUT2D eigenvalue weighted by Gasteiger charge is 2.34. The number of hydrogen-bond donors (Lipinski definition) is 0. The normalized spacial score (nSPS) is 16.2. The van der Waals surface area contributed by atoms with Crippen molar-refractivity contribution >= 4 is 34.1 Å². The highest BCUT2D eigenvalue weighted by molar-refractivity contribution is 6.30. The molecule has 1 aliphatic heterocycles. The number of methoxy groups -OCH3 is 2. The second kappa shape index (κ2) is 8.19. The van der Waals surface area contributed by atoms with Gasteiger partial charge in [0.15, 0.2) is 0 Å². The fourth-order valence-corrected chi connectivity index (χ4v) is 3.76. The molecule has 148 valence electrons. The summed E-state index contributed by atoms with van der Waals surface area (Å²) in [7, 11) is 3.10. The summed E-state index contributed by atoms with van der Waals surface area (Å²) in [4.78, 5) is 17.2. The van der Waals surface area contributed by atoms with Gasteiger partial charge in [-0.3, -0.25) is 4.79 Å². The second-order valence-electron chi connectivity index (χ2n) is 6.73. The van der Waals surface area contributed by atoms with Gasteiger partial charge in [-0.1, -0.05) is 41.9 Å². The predicted molar refractivity (Wildman–Crippen MR) is 112 cm³/mol. The first-order valence-corrected chi connectivity index (χ1v) is 9.56. The molecule has 29 heavy (non-hydrogen) atoms. The molecule has 1 unspecified atom stereocenters. The zero-order valence-corrected chi connectivity index (χ0v) is 16.9. The summed E-state index contributed by atoms with van der Waals surface area (Å²) >= 11 is 6.52. The summed E-state index contributed by atoms with van der Waals surface area (Å²) in [5.74, 6) is 0.494. The number of halogens is 1. The van der Waals surface area contributed by atoms with Crippen LogP contribution in [-0.2, 0) is 9.53 Å². The molecule has 7 heteroatoms. The number of carbonyl (C=O) groups excluding carboxylic acids is 1. The summed E-state index contributed by atoms with van der Waals surface area (Å²) in [6.07, 6.45) is 0.516. The molecule has 0 bridgehead atoms. The fraction of sp³-hybridized carbons (Fsp3) is 0.227. The van der Waals surface area contributed by atoms with E-state index < -0.39 is 0 Å². The molecule has 3 aromatic rings. The second-order valence-corrected chi connectivity index (χ2v) is 7.09. The van der Waals surface area contributed by atoms with Crippen LogP contribution < -0.4 is 4.74 Å². The molecule has 0 spiro atoms. The number of rotatable bonds is 5. The summed E-state index contributed by atoms with van der Waals surface area (Å²) in [6, 6.07) is 17.0. The minimum absolute atomic E-state index is 0.0655. The van der Waals surface area contributed by atoms with Crippen molar-refractivity contribution in [2.45, 2.75) is 12.5 Å². The average molecular weight is 410 g/mol. The Labute approximate surface area is 173 Å². The van der Waals surface area contributed by atoms with Gasteiger partial charge in [-0.2, -0.15) is 5.10 Å². The molecular formula is C22H20ClN3O3. The lowest BCUT2D eigenvalue weighted by Crippen LogP contribution is -2.30. The maximum atomic E-state index is 12.7. The van der Waals surface area contributed by atoms with E-state index in [1.54, 1.807) is 7.11 Å². The van der Waals surface area contributed by atoms with Gasteiger partial charge in [0.25, 0.3) is 5.91 Å². The first kappa shape index (κ1) is 19.4. The Kier molecular flexibility index (Phi) is 5.47. The molecule has 0 N–H and O–H groups in total. The van der Waals surface area contributed by atoms with Crippen molar-refractivity contribution in [3.63, 3.8) is 0 Å². The number of nitrogens with zero attached hydrogens (tertiary/aromatic N) is 3. The van der Waals surface area contributed by atoms with Crippen LogP contribution in [0, 0.1) is 0 Å². The van der Waals surface area contributed by atoms with Crippen molar-refractivity contribution in [3.8, 4) is 5.75 Å². The van der Waals surface area contributed by atoms with Crippen LogP contribution in [0.5, 0.6) is 5.75 Å². The van der Waals surface area contributed by atoms with Crippen molar-refractivity contribution in [1.82, 2.24) is 9.99 Å². The topological polar surface area (TPSA) is 64.0 Å². The van der Waals surface area contributed by atoms with Crippen LogP contribution in [0.1, 0.15) is 23.6 Å². The van der Waals surface area contributed by atoms with Crippen LogP contribution in [-0.4, -0.2) is 42.4 Å². The SMILES string of the molecule is COCC(=O)N1N=C(c2cccc(OC)c2)CC1c1cc2ccccc2nc1Cl. The third-order valence-electron chi connectivity index (χ3n) is 4.90. The molecule has 1 atom stereocenters. The van der Waals surface area contributed by atoms with E-state index in [0.29, 0.717) is 11.6 Å². The third kappa shape index (κ3) is 3.81. The molecular weight excluding hydrogens is 390 g/mol. The largest absolute Gasteiger partial charge is 0.497 e. The zero-order valence-electron chi connectivity index (χ0n) is 16.1. The van der Waals surface area contributed by atoms with Gasteiger partial charge in [-0.05, 0) is 24.3 Å². The average Bonchev–Trinajstić information content (AvgIpc) is 3.19. The van der Waals surface area contributed by atoms with Crippen LogP contribution >= 0.6 is 11.6 Å². The highest BCUT2D eigenvalue weighted by atomic mass is 35.5. The van der Waals surface area contributed by atoms with Gasteiger partial charge in [-0.15, -0.1) is 0 Å². The molecule has 1 amide bonds.